The number of esters is 1. The molecule has 0 spiro atoms. The molecule has 1 amide bonds. The topological polar surface area (TPSA) is 84.9 Å². The molecule has 0 radical (unpaired) electrons. The van der Waals surface area contributed by atoms with E-state index in [9.17, 15) is 14.6 Å². The second kappa shape index (κ2) is 8.16. The van der Waals surface area contributed by atoms with Gasteiger partial charge in [0, 0.05) is 5.56 Å². The van der Waals surface area contributed by atoms with Crippen molar-refractivity contribution < 1.29 is 24.0 Å². The lowest BCUT2D eigenvalue weighted by atomic mass is 9.78. The molecule has 26 heavy (non-hydrogen) atoms. The largest absolute Gasteiger partial charge is 0.491 e. The molecule has 0 saturated carbocycles. The Hall–Kier alpha value is -2.64. The molecule has 0 fully saturated rings. The first-order chi connectivity index (χ1) is 12.6. The van der Waals surface area contributed by atoms with Crippen molar-refractivity contribution in [1.29, 1.82) is 0 Å². The van der Waals surface area contributed by atoms with E-state index in [1.807, 2.05) is 30.3 Å². The van der Waals surface area contributed by atoms with Crippen molar-refractivity contribution in [3.05, 3.63) is 65.2 Å². The van der Waals surface area contributed by atoms with Crippen LogP contribution in [0.5, 0.6) is 0 Å². The van der Waals surface area contributed by atoms with Crippen LogP contribution >= 0.6 is 0 Å². The molecule has 0 aliphatic carbocycles. The fourth-order valence-electron chi connectivity index (χ4n) is 2.94. The molecule has 134 valence electrons. The fraction of sp³-hybridized carbons (Fsp3) is 0.263. The Balaban J connectivity index is 1.69. The maximum Gasteiger partial charge on any atom is 0.491 e. The van der Waals surface area contributed by atoms with Crippen LogP contribution in [-0.2, 0) is 27.2 Å². The number of carbonyl (C=O) groups is 2. The van der Waals surface area contributed by atoms with Crippen molar-refractivity contribution in [3.63, 3.8) is 0 Å². The molecule has 0 saturated heterocycles. The standard InChI is InChI=1S/C19H20BNO5/c1-25-19(23)17(10-7-13-5-3-2-4-6-13)21-18(22)14-8-9-15-12-26-20(24)16(15)11-14/h2-6,8-9,11,17,24H,7,10,12H2,1H3,(H,21,22). The molecule has 7 heteroatoms. The second-order valence-electron chi connectivity index (χ2n) is 6.15. The van der Waals surface area contributed by atoms with Crippen molar-refractivity contribution in [2.75, 3.05) is 7.11 Å². The van der Waals surface area contributed by atoms with E-state index in [1.54, 1.807) is 18.2 Å². The molecule has 1 heterocycles. The van der Waals surface area contributed by atoms with Gasteiger partial charge in [0.25, 0.3) is 5.91 Å². The molecular weight excluding hydrogens is 333 g/mol. The lowest BCUT2D eigenvalue weighted by Gasteiger charge is -2.17. The summed E-state index contributed by atoms with van der Waals surface area (Å²) in [6.07, 6.45) is 1.07. The average molecular weight is 353 g/mol. The average Bonchev–Trinajstić information content (AvgIpc) is 3.05. The van der Waals surface area contributed by atoms with Gasteiger partial charge in [0.2, 0.25) is 0 Å². The number of hydrogen-bond acceptors (Lipinski definition) is 5. The highest BCUT2D eigenvalue weighted by Crippen LogP contribution is 2.12. The number of carbonyl (C=O) groups excluding carboxylic acids is 2. The smallest absolute Gasteiger partial charge is 0.467 e. The molecule has 0 aromatic heterocycles. The number of amides is 1. The van der Waals surface area contributed by atoms with Gasteiger partial charge in [0.15, 0.2) is 0 Å². The van der Waals surface area contributed by atoms with Crippen molar-refractivity contribution in [2.45, 2.75) is 25.5 Å². The van der Waals surface area contributed by atoms with Crippen LogP contribution in [0.3, 0.4) is 0 Å². The van der Waals surface area contributed by atoms with Gasteiger partial charge in [-0.25, -0.2) is 4.79 Å². The molecule has 1 aliphatic heterocycles. The summed E-state index contributed by atoms with van der Waals surface area (Å²) in [5, 5.41) is 12.5. The van der Waals surface area contributed by atoms with Crippen LogP contribution in [0.15, 0.2) is 48.5 Å². The molecule has 2 N–H and O–H groups in total. The molecule has 1 aliphatic rings. The Bertz CT molecular complexity index is 796. The van der Waals surface area contributed by atoms with E-state index in [0.717, 1.165) is 11.1 Å². The molecule has 2 aromatic carbocycles. The van der Waals surface area contributed by atoms with Gasteiger partial charge >= 0.3 is 13.1 Å². The fourth-order valence-corrected chi connectivity index (χ4v) is 2.94. The van der Waals surface area contributed by atoms with E-state index < -0.39 is 25.0 Å². The molecular formula is C19H20BNO5. The third kappa shape index (κ3) is 4.12. The van der Waals surface area contributed by atoms with Crippen molar-refractivity contribution in [2.24, 2.45) is 0 Å². The van der Waals surface area contributed by atoms with Crippen LogP contribution in [0.25, 0.3) is 0 Å². The molecule has 2 aromatic rings. The number of benzene rings is 2. The third-order valence-electron chi connectivity index (χ3n) is 4.43. The number of hydrogen-bond donors (Lipinski definition) is 2. The summed E-state index contributed by atoms with van der Waals surface area (Å²) >= 11 is 0. The summed E-state index contributed by atoms with van der Waals surface area (Å²) in [6, 6.07) is 14.0. The quantitative estimate of drug-likeness (QED) is 0.593. The molecule has 1 atom stereocenters. The molecule has 0 bridgehead atoms. The van der Waals surface area contributed by atoms with E-state index in [2.05, 4.69) is 5.32 Å². The third-order valence-corrected chi connectivity index (χ3v) is 4.43. The zero-order valence-electron chi connectivity index (χ0n) is 14.5. The zero-order chi connectivity index (χ0) is 18.5. The minimum Gasteiger partial charge on any atom is -0.467 e. The number of rotatable bonds is 6. The number of fused-ring (bicyclic) bond motifs is 1. The van der Waals surface area contributed by atoms with Crippen molar-refractivity contribution >= 4 is 24.5 Å². The first-order valence-electron chi connectivity index (χ1n) is 8.43. The monoisotopic (exact) mass is 353 g/mol. The van der Waals surface area contributed by atoms with E-state index in [-0.39, 0.29) is 0 Å². The number of nitrogens with one attached hydrogen (secondary N) is 1. The summed E-state index contributed by atoms with van der Waals surface area (Å²) in [4.78, 5) is 24.6. The minimum absolute atomic E-state index is 0.320. The maximum atomic E-state index is 12.6. The van der Waals surface area contributed by atoms with Crippen LogP contribution in [-0.4, -0.2) is 37.2 Å². The second-order valence-corrected chi connectivity index (χ2v) is 6.15. The first kappa shape index (κ1) is 18.2. The predicted molar refractivity (Wildman–Crippen MR) is 96.9 cm³/mol. The Morgan fingerprint density at radius 1 is 1.27 bits per heavy atom. The molecule has 6 nitrogen and oxygen atoms in total. The van der Waals surface area contributed by atoms with Gasteiger partial charge in [-0.15, -0.1) is 0 Å². The van der Waals surface area contributed by atoms with Crippen LogP contribution in [0, 0.1) is 0 Å². The Morgan fingerprint density at radius 3 is 2.77 bits per heavy atom. The summed E-state index contributed by atoms with van der Waals surface area (Å²) < 4.78 is 9.95. The predicted octanol–water partition coefficient (Wildman–Crippen LogP) is 0.808. The highest BCUT2D eigenvalue weighted by atomic mass is 16.5. The van der Waals surface area contributed by atoms with Crippen LogP contribution < -0.4 is 10.8 Å². The van der Waals surface area contributed by atoms with E-state index in [1.165, 1.54) is 7.11 Å². The summed E-state index contributed by atoms with van der Waals surface area (Å²) in [5.41, 5.74) is 2.87. The van der Waals surface area contributed by atoms with Crippen LogP contribution in [0.4, 0.5) is 0 Å². The lowest BCUT2D eigenvalue weighted by molar-refractivity contribution is -0.143. The Morgan fingerprint density at radius 2 is 2.04 bits per heavy atom. The molecule has 3 rings (SSSR count). The van der Waals surface area contributed by atoms with Gasteiger partial charge in [-0.05, 0) is 41.6 Å². The number of aryl methyl sites for hydroxylation is 1. The number of methoxy groups -OCH3 is 1. The van der Waals surface area contributed by atoms with Crippen molar-refractivity contribution in [1.82, 2.24) is 5.32 Å². The summed E-state index contributed by atoms with van der Waals surface area (Å²) in [7, 11) is 0.278. The summed E-state index contributed by atoms with van der Waals surface area (Å²) in [5.74, 6) is -0.880. The van der Waals surface area contributed by atoms with Crippen molar-refractivity contribution in [3.8, 4) is 0 Å². The van der Waals surface area contributed by atoms with Gasteiger partial charge < -0.3 is 19.7 Å². The highest BCUT2D eigenvalue weighted by molar-refractivity contribution is 6.61. The normalized spacial score (nSPS) is 13.8. The van der Waals surface area contributed by atoms with Crippen LogP contribution in [0.2, 0.25) is 0 Å². The van der Waals surface area contributed by atoms with Gasteiger partial charge in [-0.2, -0.15) is 0 Å². The van der Waals surface area contributed by atoms with E-state index in [0.29, 0.717) is 30.5 Å². The van der Waals surface area contributed by atoms with Gasteiger partial charge in [-0.3, -0.25) is 4.79 Å². The Kier molecular flexibility index (Phi) is 5.70. The number of ether oxygens (including phenoxy) is 1. The minimum atomic E-state index is -1.02. The van der Waals surface area contributed by atoms with E-state index >= 15 is 0 Å². The van der Waals surface area contributed by atoms with Gasteiger partial charge in [0.1, 0.15) is 6.04 Å². The van der Waals surface area contributed by atoms with E-state index in [4.69, 9.17) is 9.39 Å². The summed E-state index contributed by atoms with van der Waals surface area (Å²) in [6.45, 7) is 0.320. The highest BCUT2D eigenvalue weighted by Gasteiger charge is 2.29. The zero-order valence-corrected chi connectivity index (χ0v) is 14.5. The first-order valence-corrected chi connectivity index (χ1v) is 8.43. The van der Waals surface area contributed by atoms with Gasteiger partial charge in [-0.1, -0.05) is 36.4 Å². The SMILES string of the molecule is COC(=O)C(CCc1ccccc1)NC(=O)c1ccc2c(c1)B(O)OC2. The lowest BCUT2D eigenvalue weighted by Crippen LogP contribution is -2.42. The van der Waals surface area contributed by atoms with Crippen LogP contribution in [0.1, 0.15) is 27.9 Å². The maximum absolute atomic E-state index is 12.6. The molecule has 1 unspecified atom stereocenters. The Labute approximate surface area is 152 Å². The van der Waals surface area contributed by atoms with Gasteiger partial charge in [0.05, 0.1) is 13.7 Å².